The van der Waals surface area contributed by atoms with Crippen molar-refractivity contribution in [3.63, 3.8) is 0 Å². The highest BCUT2D eigenvalue weighted by molar-refractivity contribution is 5.72. The van der Waals surface area contributed by atoms with E-state index in [1.165, 1.54) is 109 Å². The Morgan fingerprint density at radius 3 is 1.60 bits per heavy atom. The van der Waals surface area contributed by atoms with Crippen LogP contribution in [0.5, 0.6) is 0 Å². The number of ether oxygens (including phenoxy) is 2. The second-order valence-electron chi connectivity index (χ2n) is 13.0. The largest absolute Gasteiger partial charge is 0.477 e. The van der Waals surface area contributed by atoms with Gasteiger partial charge in [-0.15, -0.1) is 0 Å². The molecule has 248 valence electrons. The Morgan fingerprint density at radius 1 is 0.690 bits per heavy atom. The van der Waals surface area contributed by atoms with Crippen molar-refractivity contribution in [2.75, 3.05) is 41.0 Å². The van der Waals surface area contributed by atoms with Crippen molar-refractivity contribution in [1.29, 1.82) is 0 Å². The minimum Gasteiger partial charge on any atom is -0.477 e. The maximum absolute atomic E-state index is 11.9. The number of quaternary nitrogens is 1. The van der Waals surface area contributed by atoms with E-state index >= 15 is 0 Å². The Kier molecular flexibility index (Phi) is 27.4. The Labute approximate surface area is 259 Å². The van der Waals surface area contributed by atoms with E-state index in [-0.39, 0.29) is 25.8 Å². The van der Waals surface area contributed by atoms with E-state index < -0.39 is 18.1 Å². The molecule has 42 heavy (non-hydrogen) atoms. The minimum absolute atomic E-state index is 0.0198. The average molecular weight is 599 g/mol. The van der Waals surface area contributed by atoms with Crippen LogP contribution in [0.1, 0.15) is 148 Å². The van der Waals surface area contributed by atoms with Crippen LogP contribution in [0, 0.1) is 0 Å². The second-order valence-corrected chi connectivity index (χ2v) is 13.0. The first-order valence-corrected chi connectivity index (χ1v) is 17.3. The molecule has 0 aliphatic heterocycles. The lowest BCUT2D eigenvalue weighted by molar-refractivity contribution is -0.887. The summed E-state index contributed by atoms with van der Waals surface area (Å²) < 4.78 is 10.8. The van der Waals surface area contributed by atoms with Gasteiger partial charge in [-0.3, -0.25) is 4.79 Å². The van der Waals surface area contributed by atoms with Crippen LogP contribution in [0.25, 0.3) is 0 Å². The first-order chi connectivity index (χ1) is 20.2. The summed E-state index contributed by atoms with van der Waals surface area (Å²) in [5.74, 6) is -1.15. The molecule has 2 atom stereocenters. The third-order valence-corrected chi connectivity index (χ3v) is 7.90. The molecule has 7 nitrogen and oxygen atoms in total. The van der Waals surface area contributed by atoms with Crippen LogP contribution in [0.2, 0.25) is 0 Å². The summed E-state index contributed by atoms with van der Waals surface area (Å²) in [6.45, 7) is 2.44. The predicted molar refractivity (Wildman–Crippen MR) is 174 cm³/mol. The van der Waals surface area contributed by atoms with E-state index in [1.54, 1.807) is 0 Å². The number of hydrogen-bond acceptors (Lipinski definition) is 5. The number of aliphatic hydroxyl groups excluding tert-OH is 1. The molecule has 0 saturated heterocycles. The Bertz CT molecular complexity index is 660. The molecule has 0 amide bonds. The van der Waals surface area contributed by atoms with E-state index in [0.29, 0.717) is 17.3 Å². The fraction of sp³-hybridized carbons (Fsp3) is 0.886. The number of aliphatic hydroxyl groups is 1. The average Bonchev–Trinajstić information content (AvgIpc) is 2.93. The highest BCUT2D eigenvalue weighted by atomic mass is 16.5. The second kappa shape index (κ2) is 28.3. The molecule has 0 radical (unpaired) electrons. The summed E-state index contributed by atoms with van der Waals surface area (Å²) >= 11 is 0. The van der Waals surface area contributed by atoms with Gasteiger partial charge >= 0.3 is 11.9 Å². The number of aliphatic carboxylic acids is 1. The fourth-order valence-corrected chi connectivity index (χ4v) is 5.14. The van der Waals surface area contributed by atoms with Gasteiger partial charge in [0.05, 0.1) is 34.4 Å². The van der Waals surface area contributed by atoms with Gasteiger partial charge in [-0.25, -0.2) is 4.79 Å². The van der Waals surface area contributed by atoms with Crippen LogP contribution in [-0.2, 0) is 19.1 Å². The van der Waals surface area contributed by atoms with E-state index in [0.717, 1.165) is 19.3 Å². The van der Waals surface area contributed by atoms with Crippen LogP contribution < -0.4 is 0 Å². The van der Waals surface area contributed by atoms with E-state index in [2.05, 4.69) is 19.1 Å². The standard InChI is InChI=1S/C35H67NO6/c1-5-6-7-8-9-10-11-12-13-14-15-16-17-18-19-20-21-22-23-24-25-26-27-34(38)42-31-32(37)30-41-29-28-33(35(39)40)36(2,3)4/h17-18,32-33,37H,5-16,19-31H2,1-4H3/p+1/b18-17+. The number of likely N-dealkylation sites (N-methyl/N-ethyl adjacent to an activating group) is 1. The molecular formula is C35H68NO6+. The Morgan fingerprint density at radius 2 is 1.14 bits per heavy atom. The third-order valence-electron chi connectivity index (χ3n) is 7.90. The molecule has 0 aromatic carbocycles. The van der Waals surface area contributed by atoms with E-state index in [4.69, 9.17) is 9.47 Å². The molecule has 0 aliphatic rings. The van der Waals surface area contributed by atoms with Crippen LogP contribution in [0.3, 0.4) is 0 Å². The molecule has 7 heteroatoms. The van der Waals surface area contributed by atoms with Gasteiger partial charge in [-0.2, -0.15) is 0 Å². The van der Waals surface area contributed by atoms with Gasteiger partial charge in [0.1, 0.15) is 12.7 Å². The zero-order valence-electron chi connectivity index (χ0n) is 28.0. The molecule has 0 heterocycles. The molecule has 0 aromatic rings. The van der Waals surface area contributed by atoms with Gasteiger partial charge in [-0.1, -0.05) is 115 Å². The quantitative estimate of drug-likeness (QED) is 0.0361. The summed E-state index contributed by atoms with van der Waals surface area (Å²) in [5, 5.41) is 19.3. The number of carbonyl (C=O) groups excluding carboxylic acids is 1. The number of hydrogen-bond donors (Lipinski definition) is 2. The van der Waals surface area contributed by atoms with Gasteiger partial charge in [-0.05, 0) is 32.1 Å². The van der Waals surface area contributed by atoms with E-state index in [1.807, 2.05) is 21.1 Å². The molecule has 2 N–H and O–H groups in total. The first-order valence-electron chi connectivity index (χ1n) is 17.3. The number of carboxylic acid groups (broad SMARTS) is 1. The van der Waals surface area contributed by atoms with Crippen molar-refractivity contribution in [3.8, 4) is 0 Å². The maximum atomic E-state index is 11.9. The van der Waals surface area contributed by atoms with Crippen LogP contribution >= 0.6 is 0 Å². The van der Waals surface area contributed by atoms with Crippen LogP contribution in [0.15, 0.2) is 12.2 Å². The van der Waals surface area contributed by atoms with Gasteiger partial charge < -0.3 is 24.2 Å². The first kappa shape index (κ1) is 40.6. The topological polar surface area (TPSA) is 93.1 Å². The molecule has 0 rings (SSSR count). The molecule has 0 spiro atoms. The van der Waals surface area contributed by atoms with Crippen LogP contribution in [0.4, 0.5) is 0 Å². The number of esters is 1. The normalized spacial score (nSPS) is 13.5. The molecule has 0 bridgehead atoms. The number of unbranched alkanes of at least 4 members (excludes halogenated alkanes) is 18. The lowest BCUT2D eigenvalue weighted by Gasteiger charge is -2.31. The van der Waals surface area contributed by atoms with Gasteiger partial charge in [0.15, 0.2) is 6.04 Å². The molecule has 2 unspecified atom stereocenters. The number of rotatable bonds is 31. The van der Waals surface area contributed by atoms with Gasteiger partial charge in [0, 0.05) is 12.8 Å². The fourth-order valence-electron chi connectivity index (χ4n) is 5.14. The minimum atomic E-state index is -0.902. The van der Waals surface area contributed by atoms with Crippen LogP contribution in [-0.4, -0.2) is 79.7 Å². The lowest BCUT2D eigenvalue weighted by Crippen LogP contribution is -2.50. The Hall–Kier alpha value is -1.44. The van der Waals surface area contributed by atoms with Gasteiger partial charge in [0.25, 0.3) is 0 Å². The highest BCUT2D eigenvalue weighted by Crippen LogP contribution is 2.13. The third kappa shape index (κ3) is 27.4. The van der Waals surface area contributed by atoms with Crippen molar-refractivity contribution in [2.45, 2.75) is 160 Å². The van der Waals surface area contributed by atoms with Crippen molar-refractivity contribution in [1.82, 2.24) is 0 Å². The SMILES string of the molecule is CCCCCCCCCCCCC/C=C/CCCCCCCCCC(=O)OCC(O)COCCC(C(=O)O)[N+](C)(C)C. The van der Waals surface area contributed by atoms with Crippen molar-refractivity contribution in [3.05, 3.63) is 12.2 Å². The Balaban J connectivity index is 3.44. The van der Waals surface area contributed by atoms with Crippen molar-refractivity contribution < 1.29 is 33.8 Å². The van der Waals surface area contributed by atoms with Gasteiger partial charge in [0.2, 0.25) is 0 Å². The molecule has 0 saturated carbocycles. The number of carbonyl (C=O) groups is 2. The number of allylic oxidation sites excluding steroid dienone is 2. The molecule has 0 aliphatic carbocycles. The summed E-state index contributed by atoms with van der Waals surface area (Å²) in [6.07, 6.45) is 30.4. The predicted octanol–water partition coefficient (Wildman–Crippen LogP) is 8.22. The maximum Gasteiger partial charge on any atom is 0.362 e. The van der Waals surface area contributed by atoms with Crippen molar-refractivity contribution in [2.24, 2.45) is 0 Å². The highest BCUT2D eigenvalue weighted by Gasteiger charge is 2.30. The smallest absolute Gasteiger partial charge is 0.362 e. The summed E-state index contributed by atoms with van der Waals surface area (Å²) in [6, 6.07) is -0.573. The lowest BCUT2D eigenvalue weighted by atomic mass is 10.0. The summed E-state index contributed by atoms with van der Waals surface area (Å²) in [4.78, 5) is 23.3. The van der Waals surface area contributed by atoms with Crippen molar-refractivity contribution >= 4 is 11.9 Å². The molecule has 0 aromatic heterocycles. The zero-order chi connectivity index (χ0) is 31.3. The van der Waals surface area contributed by atoms with E-state index in [9.17, 15) is 19.8 Å². The number of nitrogens with zero attached hydrogens (tertiary/aromatic N) is 1. The zero-order valence-corrected chi connectivity index (χ0v) is 28.0. The monoisotopic (exact) mass is 599 g/mol. The summed E-state index contributed by atoms with van der Waals surface area (Å²) in [5.41, 5.74) is 0. The summed E-state index contributed by atoms with van der Waals surface area (Å²) in [7, 11) is 5.48. The molecular weight excluding hydrogens is 530 g/mol. The molecule has 0 fully saturated rings. The number of carboxylic acids is 1.